The van der Waals surface area contributed by atoms with Crippen LogP contribution in [0.15, 0.2) is 24.3 Å². The highest BCUT2D eigenvalue weighted by molar-refractivity contribution is 5.96. The van der Waals surface area contributed by atoms with E-state index in [4.69, 9.17) is 4.74 Å². The maximum absolute atomic E-state index is 12.1. The molecular formula is C15H20N2O3. The first-order chi connectivity index (χ1) is 9.58. The Morgan fingerprint density at radius 1 is 1.15 bits per heavy atom. The van der Waals surface area contributed by atoms with E-state index in [2.05, 4.69) is 4.90 Å². The highest BCUT2D eigenvalue weighted by atomic mass is 16.5. The van der Waals surface area contributed by atoms with Crippen LogP contribution in [0.3, 0.4) is 0 Å². The molecule has 0 bridgehead atoms. The fraction of sp³-hybridized carbons (Fsp3) is 0.467. The van der Waals surface area contributed by atoms with Crippen LogP contribution in [-0.4, -0.2) is 61.3 Å². The van der Waals surface area contributed by atoms with Gasteiger partial charge in [0.25, 0.3) is 5.91 Å². The molecule has 1 aliphatic rings. The van der Waals surface area contributed by atoms with Gasteiger partial charge in [0.05, 0.1) is 5.56 Å². The number of benzene rings is 1. The summed E-state index contributed by atoms with van der Waals surface area (Å²) in [4.78, 5) is 27.5. The van der Waals surface area contributed by atoms with E-state index >= 15 is 0 Å². The first kappa shape index (κ1) is 14.5. The fourth-order valence-electron chi connectivity index (χ4n) is 2.17. The molecule has 5 heteroatoms. The molecule has 0 radical (unpaired) electrons. The number of ether oxygens (including phenoxy) is 1. The van der Waals surface area contributed by atoms with Crippen molar-refractivity contribution in [1.82, 2.24) is 9.80 Å². The molecule has 0 aliphatic carbocycles. The van der Waals surface area contributed by atoms with Crippen LogP contribution in [0.2, 0.25) is 0 Å². The van der Waals surface area contributed by atoms with Gasteiger partial charge in [-0.1, -0.05) is 12.1 Å². The lowest BCUT2D eigenvalue weighted by Crippen LogP contribution is -2.48. The van der Waals surface area contributed by atoms with Crippen molar-refractivity contribution < 1.29 is 14.3 Å². The average molecular weight is 276 g/mol. The van der Waals surface area contributed by atoms with E-state index in [1.807, 2.05) is 7.05 Å². The number of para-hydroxylation sites is 1. The predicted octanol–water partition coefficient (Wildman–Crippen LogP) is 1.04. The Morgan fingerprint density at radius 3 is 2.45 bits per heavy atom. The normalized spacial score (nSPS) is 16.0. The maximum Gasteiger partial charge on any atom is 0.260 e. The van der Waals surface area contributed by atoms with E-state index in [0.29, 0.717) is 11.3 Å². The van der Waals surface area contributed by atoms with Gasteiger partial charge in [-0.05, 0) is 26.1 Å². The van der Waals surface area contributed by atoms with Crippen LogP contribution in [0.5, 0.6) is 5.75 Å². The van der Waals surface area contributed by atoms with Crippen LogP contribution in [0.1, 0.15) is 17.3 Å². The molecule has 1 saturated heterocycles. The second-order valence-corrected chi connectivity index (χ2v) is 5.03. The molecule has 0 atom stereocenters. The quantitative estimate of drug-likeness (QED) is 0.771. The van der Waals surface area contributed by atoms with Gasteiger partial charge in [0.1, 0.15) is 5.75 Å². The standard InChI is InChI=1S/C15H20N2O3/c1-12(18)13-5-3-4-6-14(13)20-11-15(19)17-9-7-16(2)8-10-17/h3-6H,7-11H2,1-2H3. The molecule has 0 saturated carbocycles. The Morgan fingerprint density at radius 2 is 1.80 bits per heavy atom. The maximum atomic E-state index is 12.1. The molecule has 1 aromatic rings. The number of amides is 1. The molecule has 1 amide bonds. The number of rotatable bonds is 4. The Bertz CT molecular complexity index is 494. The number of piperazine rings is 1. The first-order valence-electron chi connectivity index (χ1n) is 6.77. The summed E-state index contributed by atoms with van der Waals surface area (Å²) < 4.78 is 5.51. The fourth-order valence-corrected chi connectivity index (χ4v) is 2.17. The van der Waals surface area contributed by atoms with E-state index in [9.17, 15) is 9.59 Å². The minimum absolute atomic E-state index is 0.0198. The minimum atomic E-state index is -0.0624. The van der Waals surface area contributed by atoms with Gasteiger partial charge >= 0.3 is 0 Å². The topological polar surface area (TPSA) is 49.9 Å². The van der Waals surface area contributed by atoms with E-state index in [1.165, 1.54) is 6.92 Å². The smallest absolute Gasteiger partial charge is 0.260 e. The highest BCUT2D eigenvalue weighted by Gasteiger charge is 2.19. The molecular weight excluding hydrogens is 256 g/mol. The van der Waals surface area contributed by atoms with Gasteiger partial charge < -0.3 is 14.5 Å². The molecule has 1 aliphatic heterocycles. The SMILES string of the molecule is CC(=O)c1ccccc1OCC(=O)N1CCN(C)CC1. The van der Waals surface area contributed by atoms with Crippen molar-refractivity contribution in [1.29, 1.82) is 0 Å². The lowest BCUT2D eigenvalue weighted by atomic mass is 10.1. The Labute approximate surface area is 119 Å². The van der Waals surface area contributed by atoms with Crippen LogP contribution >= 0.6 is 0 Å². The van der Waals surface area contributed by atoms with Crippen molar-refractivity contribution in [2.75, 3.05) is 39.8 Å². The lowest BCUT2D eigenvalue weighted by molar-refractivity contribution is -0.134. The number of ketones is 1. The second-order valence-electron chi connectivity index (χ2n) is 5.03. The van der Waals surface area contributed by atoms with Gasteiger partial charge in [0.2, 0.25) is 0 Å². The largest absolute Gasteiger partial charge is 0.483 e. The van der Waals surface area contributed by atoms with Crippen LogP contribution < -0.4 is 4.74 Å². The van der Waals surface area contributed by atoms with Crippen molar-refractivity contribution in [3.8, 4) is 5.75 Å². The van der Waals surface area contributed by atoms with Crippen LogP contribution in [0, 0.1) is 0 Å². The number of Topliss-reactive ketones (excluding diaryl/α,β-unsaturated/α-hetero) is 1. The van der Waals surface area contributed by atoms with E-state index in [-0.39, 0.29) is 18.3 Å². The van der Waals surface area contributed by atoms with Gasteiger partial charge in [-0.15, -0.1) is 0 Å². The van der Waals surface area contributed by atoms with Gasteiger partial charge in [-0.2, -0.15) is 0 Å². The third-order valence-electron chi connectivity index (χ3n) is 3.47. The van der Waals surface area contributed by atoms with Crippen molar-refractivity contribution in [3.63, 3.8) is 0 Å². The van der Waals surface area contributed by atoms with Crippen molar-refractivity contribution >= 4 is 11.7 Å². The van der Waals surface area contributed by atoms with Crippen molar-refractivity contribution in [2.45, 2.75) is 6.92 Å². The van der Waals surface area contributed by atoms with Crippen LogP contribution in [0.25, 0.3) is 0 Å². The van der Waals surface area contributed by atoms with E-state index in [1.54, 1.807) is 29.2 Å². The molecule has 0 N–H and O–H groups in total. The molecule has 1 aromatic carbocycles. The average Bonchev–Trinajstić information content (AvgIpc) is 2.45. The summed E-state index contributed by atoms with van der Waals surface area (Å²) in [5.74, 6) is 0.381. The molecule has 0 unspecified atom stereocenters. The first-order valence-corrected chi connectivity index (χ1v) is 6.77. The molecule has 1 fully saturated rings. The summed E-state index contributed by atoms with van der Waals surface area (Å²) in [5.41, 5.74) is 0.513. The predicted molar refractivity (Wildman–Crippen MR) is 76.0 cm³/mol. The molecule has 0 spiro atoms. The number of likely N-dealkylation sites (N-methyl/N-ethyl adjacent to an activating group) is 1. The molecule has 108 valence electrons. The third kappa shape index (κ3) is 3.57. The highest BCUT2D eigenvalue weighted by Crippen LogP contribution is 2.18. The minimum Gasteiger partial charge on any atom is -0.483 e. The third-order valence-corrected chi connectivity index (χ3v) is 3.47. The summed E-state index contributed by atoms with van der Waals surface area (Å²) in [6.07, 6.45) is 0. The van der Waals surface area contributed by atoms with Crippen molar-refractivity contribution in [3.05, 3.63) is 29.8 Å². The molecule has 1 heterocycles. The Balaban J connectivity index is 1.92. The summed E-state index contributed by atoms with van der Waals surface area (Å²) >= 11 is 0. The number of carbonyl (C=O) groups excluding carboxylic acids is 2. The van der Waals surface area contributed by atoms with Gasteiger partial charge in [0, 0.05) is 26.2 Å². The second kappa shape index (κ2) is 6.52. The van der Waals surface area contributed by atoms with Gasteiger partial charge in [-0.25, -0.2) is 0 Å². The van der Waals surface area contributed by atoms with Crippen LogP contribution in [-0.2, 0) is 4.79 Å². The Hall–Kier alpha value is -1.88. The van der Waals surface area contributed by atoms with Gasteiger partial charge in [-0.3, -0.25) is 9.59 Å². The van der Waals surface area contributed by atoms with Crippen LogP contribution in [0.4, 0.5) is 0 Å². The summed E-state index contributed by atoms with van der Waals surface area (Å²) in [5, 5.41) is 0. The Kier molecular flexibility index (Phi) is 4.74. The van der Waals surface area contributed by atoms with E-state index in [0.717, 1.165) is 26.2 Å². The van der Waals surface area contributed by atoms with Crippen molar-refractivity contribution in [2.24, 2.45) is 0 Å². The monoisotopic (exact) mass is 276 g/mol. The molecule has 2 rings (SSSR count). The van der Waals surface area contributed by atoms with E-state index < -0.39 is 0 Å². The summed E-state index contributed by atoms with van der Waals surface area (Å²) in [6.45, 7) is 4.70. The number of hydrogen-bond donors (Lipinski definition) is 0. The number of carbonyl (C=O) groups is 2. The lowest BCUT2D eigenvalue weighted by Gasteiger charge is -2.32. The summed E-state index contributed by atoms with van der Waals surface area (Å²) in [6, 6.07) is 7.00. The number of hydrogen-bond acceptors (Lipinski definition) is 4. The molecule has 5 nitrogen and oxygen atoms in total. The summed E-state index contributed by atoms with van der Waals surface area (Å²) in [7, 11) is 2.04. The van der Waals surface area contributed by atoms with Gasteiger partial charge in [0.15, 0.2) is 12.4 Å². The number of nitrogens with zero attached hydrogens (tertiary/aromatic N) is 2. The zero-order chi connectivity index (χ0) is 14.5. The zero-order valence-electron chi connectivity index (χ0n) is 12.0. The zero-order valence-corrected chi connectivity index (χ0v) is 12.0. The molecule has 0 aromatic heterocycles. The molecule has 20 heavy (non-hydrogen) atoms.